The number of thiophene rings is 1. The Hall–Kier alpha value is -3.60. The number of amides is 2. The summed E-state index contributed by atoms with van der Waals surface area (Å²) in [6, 6.07) is 14.6. The average Bonchev–Trinajstić information content (AvgIpc) is 3.56. The van der Waals surface area contributed by atoms with Gasteiger partial charge < -0.3 is 20.3 Å². The van der Waals surface area contributed by atoms with Gasteiger partial charge in [-0.1, -0.05) is 23.7 Å². The molecule has 2 N–H and O–H groups in total. The fourth-order valence-electron chi connectivity index (χ4n) is 4.12. The van der Waals surface area contributed by atoms with Crippen LogP contribution in [0, 0.1) is 5.82 Å². The maximum absolute atomic E-state index is 14.9. The third-order valence-corrected chi connectivity index (χ3v) is 7.46. The van der Waals surface area contributed by atoms with E-state index in [1.807, 2.05) is 4.90 Å². The molecule has 38 heavy (non-hydrogen) atoms. The molecule has 5 rings (SSSR count). The summed E-state index contributed by atoms with van der Waals surface area (Å²) >= 11 is 12.4. The molecule has 194 valence electrons. The second-order valence-electron chi connectivity index (χ2n) is 8.69. The highest BCUT2D eigenvalue weighted by atomic mass is 35.5. The lowest BCUT2D eigenvalue weighted by Crippen LogP contribution is -2.35. The Balaban J connectivity index is 1.24. The molecule has 2 amide bonds. The topological polar surface area (TPSA) is 83.6 Å². The summed E-state index contributed by atoms with van der Waals surface area (Å²) in [6.45, 7) is 1.51. The summed E-state index contributed by atoms with van der Waals surface area (Å²) in [6.07, 6.45) is 3.67. The van der Waals surface area contributed by atoms with Gasteiger partial charge in [0.05, 0.1) is 21.5 Å². The minimum atomic E-state index is -0.627. The first-order chi connectivity index (χ1) is 18.4. The number of hydrogen-bond acceptors (Lipinski definition) is 6. The molecule has 1 aliphatic rings. The van der Waals surface area contributed by atoms with Crippen LogP contribution < -0.4 is 15.4 Å². The number of nitrogens with zero attached hydrogens (tertiary/aromatic N) is 2. The van der Waals surface area contributed by atoms with Crippen molar-refractivity contribution in [2.45, 2.75) is 19.3 Å². The van der Waals surface area contributed by atoms with Gasteiger partial charge in [-0.05, 0) is 61.0 Å². The van der Waals surface area contributed by atoms with Gasteiger partial charge in [-0.3, -0.25) is 14.6 Å². The molecule has 11 heteroatoms. The molecule has 4 aromatic rings. The highest BCUT2D eigenvalue weighted by molar-refractivity contribution is 7.80. The predicted molar refractivity (Wildman–Crippen MR) is 151 cm³/mol. The first-order valence-corrected chi connectivity index (χ1v) is 13.5. The Morgan fingerprint density at radius 1 is 1.11 bits per heavy atom. The number of anilines is 1. The molecular weight excluding hydrogens is 547 g/mol. The smallest absolute Gasteiger partial charge is 0.264 e. The predicted octanol–water partition coefficient (Wildman–Crippen LogP) is 6.17. The van der Waals surface area contributed by atoms with E-state index in [2.05, 4.69) is 15.6 Å². The number of thiocarbonyl (C=S) groups is 1. The van der Waals surface area contributed by atoms with Crippen LogP contribution in [0.5, 0.6) is 11.5 Å². The highest BCUT2D eigenvalue weighted by Crippen LogP contribution is 2.36. The molecule has 7 nitrogen and oxygen atoms in total. The van der Waals surface area contributed by atoms with E-state index in [1.165, 1.54) is 23.5 Å². The zero-order valence-electron chi connectivity index (χ0n) is 20.0. The summed E-state index contributed by atoms with van der Waals surface area (Å²) in [4.78, 5) is 31.8. The quantitative estimate of drug-likeness (QED) is 0.271. The van der Waals surface area contributed by atoms with Crippen molar-refractivity contribution >= 4 is 68.0 Å². The molecule has 0 bridgehead atoms. The van der Waals surface area contributed by atoms with E-state index in [0.29, 0.717) is 31.6 Å². The third kappa shape index (κ3) is 6.09. The van der Waals surface area contributed by atoms with Gasteiger partial charge in [0.1, 0.15) is 5.75 Å². The Bertz CT molecular complexity index is 1540. The van der Waals surface area contributed by atoms with Gasteiger partial charge in [-0.15, -0.1) is 11.3 Å². The maximum Gasteiger partial charge on any atom is 0.264 e. The SMILES string of the molecule is O=C(Cc1cccc(Cl)c1)NC(=S)Nc1ccc(Oc2ccnc3cc(C(=O)N4CCCC4)sc23)c(F)c1. The van der Waals surface area contributed by atoms with Crippen LogP contribution in [0.15, 0.2) is 60.8 Å². The number of halogens is 2. The van der Waals surface area contributed by atoms with Crippen LogP contribution >= 0.6 is 35.2 Å². The van der Waals surface area contributed by atoms with Crippen molar-refractivity contribution in [1.29, 1.82) is 0 Å². The van der Waals surface area contributed by atoms with Crippen molar-refractivity contribution in [1.82, 2.24) is 15.2 Å². The number of hydrogen-bond donors (Lipinski definition) is 2. The normalized spacial score (nSPS) is 12.9. The minimum Gasteiger partial charge on any atom is -0.453 e. The van der Waals surface area contributed by atoms with Gasteiger partial charge in [-0.25, -0.2) is 4.39 Å². The van der Waals surface area contributed by atoms with E-state index in [-0.39, 0.29) is 29.1 Å². The summed E-state index contributed by atoms with van der Waals surface area (Å²) < 4.78 is 21.5. The lowest BCUT2D eigenvalue weighted by molar-refractivity contribution is -0.119. The Labute approximate surface area is 232 Å². The molecule has 1 saturated heterocycles. The monoisotopic (exact) mass is 568 g/mol. The van der Waals surface area contributed by atoms with E-state index >= 15 is 0 Å². The summed E-state index contributed by atoms with van der Waals surface area (Å²) in [5, 5.41) is 5.95. The van der Waals surface area contributed by atoms with E-state index in [1.54, 1.807) is 48.7 Å². The van der Waals surface area contributed by atoms with Crippen LogP contribution in [0.25, 0.3) is 10.2 Å². The first-order valence-electron chi connectivity index (χ1n) is 11.9. The number of ether oxygens (including phenoxy) is 1. The standard InChI is InChI=1S/C27H22ClFN4O3S2/c28-17-5-3-4-16(12-17)13-24(34)32-27(37)31-18-6-7-21(19(29)14-18)36-22-8-9-30-20-15-23(38-25(20)22)26(35)33-10-1-2-11-33/h3-9,12,14-15H,1-2,10-11,13H2,(H2,31,32,34,37). The number of aromatic nitrogens is 1. The van der Waals surface area contributed by atoms with Crippen LogP contribution in [0.2, 0.25) is 5.02 Å². The number of fused-ring (bicyclic) bond motifs is 1. The van der Waals surface area contributed by atoms with Gasteiger partial charge in [0.25, 0.3) is 5.91 Å². The maximum atomic E-state index is 14.9. The van der Waals surface area contributed by atoms with Gasteiger partial charge in [-0.2, -0.15) is 0 Å². The summed E-state index contributed by atoms with van der Waals surface area (Å²) in [5.74, 6) is -0.569. The van der Waals surface area contributed by atoms with E-state index < -0.39 is 5.82 Å². The van der Waals surface area contributed by atoms with Crippen LogP contribution in [0.4, 0.5) is 10.1 Å². The molecular formula is C27H22ClFN4O3S2. The fourth-order valence-corrected chi connectivity index (χ4v) is 5.60. The molecule has 2 aromatic heterocycles. The van der Waals surface area contributed by atoms with E-state index in [4.69, 9.17) is 28.6 Å². The zero-order valence-corrected chi connectivity index (χ0v) is 22.4. The second-order valence-corrected chi connectivity index (χ2v) is 10.6. The minimum absolute atomic E-state index is 0.000204. The van der Waals surface area contributed by atoms with Gasteiger partial charge >= 0.3 is 0 Å². The number of benzene rings is 2. The van der Waals surface area contributed by atoms with Gasteiger partial charge in [0, 0.05) is 42.1 Å². The largest absolute Gasteiger partial charge is 0.453 e. The molecule has 0 saturated carbocycles. The molecule has 1 aliphatic heterocycles. The van der Waals surface area contributed by atoms with Crippen LogP contribution in [0.1, 0.15) is 28.1 Å². The number of carbonyl (C=O) groups is 2. The van der Waals surface area contributed by atoms with Crippen molar-refractivity contribution in [3.63, 3.8) is 0 Å². The number of pyridine rings is 1. The highest BCUT2D eigenvalue weighted by Gasteiger charge is 2.22. The molecule has 0 atom stereocenters. The third-order valence-electron chi connectivity index (χ3n) is 5.90. The van der Waals surface area contributed by atoms with Crippen molar-refractivity contribution in [3.8, 4) is 11.5 Å². The molecule has 0 aliphatic carbocycles. The van der Waals surface area contributed by atoms with Gasteiger partial charge in [0.2, 0.25) is 5.91 Å². The second kappa shape index (κ2) is 11.4. The Morgan fingerprint density at radius 3 is 2.68 bits per heavy atom. The average molecular weight is 569 g/mol. The summed E-state index contributed by atoms with van der Waals surface area (Å²) in [7, 11) is 0. The first kappa shape index (κ1) is 26.0. The zero-order chi connectivity index (χ0) is 26.6. The lowest BCUT2D eigenvalue weighted by Gasteiger charge is -2.13. The van der Waals surface area contributed by atoms with Crippen LogP contribution in [-0.4, -0.2) is 39.9 Å². The molecule has 0 unspecified atom stereocenters. The van der Waals surface area contributed by atoms with Crippen molar-refractivity contribution in [3.05, 3.63) is 82.1 Å². The van der Waals surface area contributed by atoms with Crippen molar-refractivity contribution in [2.24, 2.45) is 0 Å². The van der Waals surface area contributed by atoms with E-state index in [0.717, 1.165) is 31.5 Å². The van der Waals surface area contributed by atoms with Gasteiger partial charge in [0.15, 0.2) is 16.7 Å². The molecule has 2 aromatic carbocycles. The van der Waals surface area contributed by atoms with Crippen LogP contribution in [0.3, 0.4) is 0 Å². The number of nitrogens with one attached hydrogen (secondary N) is 2. The summed E-state index contributed by atoms with van der Waals surface area (Å²) in [5.41, 5.74) is 1.71. The van der Waals surface area contributed by atoms with Crippen molar-refractivity contribution in [2.75, 3.05) is 18.4 Å². The molecule has 0 radical (unpaired) electrons. The number of rotatable bonds is 6. The Morgan fingerprint density at radius 2 is 1.92 bits per heavy atom. The number of carbonyl (C=O) groups excluding carboxylic acids is 2. The molecule has 0 spiro atoms. The lowest BCUT2D eigenvalue weighted by atomic mass is 10.1. The van der Waals surface area contributed by atoms with Crippen molar-refractivity contribution < 1.29 is 18.7 Å². The Kier molecular flexibility index (Phi) is 7.82. The molecule has 3 heterocycles. The van der Waals surface area contributed by atoms with Crippen LogP contribution in [-0.2, 0) is 11.2 Å². The molecule has 1 fully saturated rings. The number of likely N-dealkylation sites (tertiary alicyclic amines) is 1. The fraction of sp³-hybridized carbons (Fsp3) is 0.185. The van der Waals surface area contributed by atoms with E-state index in [9.17, 15) is 14.0 Å².